The van der Waals surface area contributed by atoms with E-state index in [2.05, 4.69) is 28.3 Å². The summed E-state index contributed by atoms with van der Waals surface area (Å²) in [5.74, 6) is 2.43. The predicted molar refractivity (Wildman–Crippen MR) is 95.4 cm³/mol. The van der Waals surface area contributed by atoms with Crippen molar-refractivity contribution in [2.45, 2.75) is 44.7 Å². The van der Waals surface area contributed by atoms with E-state index in [1.807, 2.05) is 36.7 Å². The van der Waals surface area contributed by atoms with Crippen LogP contribution in [0.3, 0.4) is 0 Å². The average molecular weight is 339 g/mol. The van der Waals surface area contributed by atoms with Gasteiger partial charge in [-0.3, -0.25) is 4.79 Å². The Hall–Kier alpha value is -2.30. The van der Waals surface area contributed by atoms with Crippen LogP contribution in [0.1, 0.15) is 44.1 Å². The van der Waals surface area contributed by atoms with Gasteiger partial charge in [0.2, 0.25) is 5.91 Å². The molecule has 0 bridgehead atoms. The number of benzene rings is 1. The summed E-state index contributed by atoms with van der Waals surface area (Å²) >= 11 is 0. The van der Waals surface area contributed by atoms with Crippen LogP contribution in [0.25, 0.3) is 0 Å². The van der Waals surface area contributed by atoms with E-state index in [0.29, 0.717) is 5.92 Å². The van der Waals surface area contributed by atoms with Gasteiger partial charge in [0.15, 0.2) is 0 Å². The molecule has 1 aromatic heterocycles. The molecule has 5 heteroatoms. The first-order valence-corrected chi connectivity index (χ1v) is 9.03. The highest BCUT2D eigenvalue weighted by atomic mass is 16.5. The lowest BCUT2D eigenvalue weighted by molar-refractivity contribution is -0.139. The van der Waals surface area contributed by atoms with E-state index in [-0.39, 0.29) is 17.4 Å². The number of amides is 1. The minimum absolute atomic E-state index is 0.0481. The molecule has 2 aromatic rings. The molecule has 0 radical (unpaired) electrons. The van der Waals surface area contributed by atoms with E-state index in [0.717, 1.165) is 43.1 Å². The van der Waals surface area contributed by atoms with E-state index in [4.69, 9.17) is 4.74 Å². The number of ether oxygens (including phenoxy) is 1. The standard InChI is InChI=1S/C20H25N3O2/c1-14(2)17-18-21-10-11-22(18)12-13-23(17)19(24)20(8-9-20)15-4-6-16(25-3)7-5-15/h4-7,10-11,14,17H,8-9,12-13H2,1-3H3. The van der Waals surface area contributed by atoms with Crippen LogP contribution in [0.4, 0.5) is 0 Å². The molecule has 1 aliphatic carbocycles. The van der Waals surface area contributed by atoms with Gasteiger partial charge in [-0.05, 0) is 36.5 Å². The van der Waals surface area contributed by atoms with Crippen molar-refractivity contribution in [1.29, 1.82) is 0 Å². The van der Waals surface area contributed by atoms with Crippen molar-refractivity contribution < 1.29 is 9.53 Å². The molecule has 0 saturated heterocycles. The fourth-order valence-corrected chi connectivity index (χ4v) is 4.09. The van der Waals surface area contributed by atoms with Crippen LogP contribution < -0.4 is 4.74 Å². The molecule has 0 N–H and O–H groups in total. The number of rotatable bonds is 4. The first-order chi connectivity index (χ1) is 12.1. The van der Waals surface area contributed by atoms with Crippen molar-refractivity contribution in [2.75, 3.05) is 13.7 Å². The number of hydrogen-bond acceptors (Lipinski definition) is 3. The third-order valence-electron chi connectivity index (χ3n) is 5.62. The second kappa shape index (κ2) is 5.90. The van der Waals surface area contributed by atoms with E-state index in [9.17, 15) is 4.79 Å². The minimum Gasteiger partial charge on any atom is -0.497 e. The molecule has 1 aliphatic heterocycles. The molecule has 4 rings (SSSR count). The summed E-state index contributed by atoms with van der Waals surface area (Å²) in [5, 5.41) is 0. The molecule has 25 heavy (non-hydrogen) atoms. The van der Waals surface area contributed by atoms with Crippen molar-refractivity contribution in [3.63, 3.8) is 0 Å². The summed E-state index contributed by atoms with van der Waals surface area (Å²) in [4.78, 5) is 20.2. The van der Waals surface area contributed by atoms with Crippen molar-refractivity contribution in [1.82, 2.24) is 14.5 Å². The second-order valence-corrected chi connectivity index (χ2v) is 7.48. The van der Waals surface area contributed by atoms with Gasteiger partial charge in [0.25, 0.3) is 0 Å². The Bertz CT molecular complexity index is 774. The Morgan fingerprint density at radius 3 is 2.56 bits per heavy atom. The van der Waals surface area contributed by atoms with E-state index in [1.54, 1.807) is 7.11 Å². The van der Waals surface area contributed by atoms with Gasteiger partial charge in [0, 0.05) is 25.5 Å². The molecule has 1 atom stereocenters. The van der Waals surface area contributed by atoms with Crippen LogP contribution in [0.2, 0.25) is 0 Å². The average Bonchev–Trinajstić information content (AvgIpc) is 3.30. The van der Waals surface area contributed by atoms with Crippen LogP contribution in [0, 0.1) is 5.92 Å². The largest absolute Gasteiger partial charge is 0.497 e. The van der Waals surface area contributed by atoms with Gasteiger partial charge in [-0.1, -0.05) is 26.0 Å². The van der Waals surface area contributed by atoms with Crippen LogP contribution in [-0.4, -0.2) is 34.0 Å². The molecule has 2 aliphatic rings. The Labute approximate surface area is 148 Å². The summed E-state index contributed by atoms with van der Waals surface area (Å²) < 4.78 is 7.43. The minimum atomic E-state index is -0.353. The maximum absolute atomic E-state index is 13.5. The monoisotopic (exact) mass is 339 g/mol. The Morgan fingerprint density at radius 1 is 1.24 bits per heavy atom. The second-order valence-electron chi connectivity index (χ2n) is 7.48. The number of nitrogens with zero attached hydrogens (tertiary/aromatic N) is 3. The maximum atomic E-state index is 13.5. The maximum Gasteiger partial charge on any atom is 0.233 e. The SMILES string of the molecule is COc1ccc(C2(C(=O)N3CCn4ccnc4C3C(C)C)CC2)cc1. The Morgan fingerprint density at radius 2 is 1.96 bits per heavy atom. The fourth-order valence-electron chi connectivity index (χ4n) is 4.09. The number of aromatic nitrogens is 2. The van der Waals surface area contributed by atoms with E-state index >= 15 is 0 Å². The highest BCUT2D eigenvalue weighted by Crippen LogP contribution is 2.51. The predicted octanol–water partition coefficient (Wildman–Crippen LogP) is 3.16. The molecule has 1 saturated carbocycles. The van der Waals surface area contributed by atoms with Crippen molar-refractivity contribution in [3.8, 4) is 5.75 Å². The molecule has 0 spiro atoms. The molecule has 5 nitrogen and oxygen atoms in total. The Balaban J connectivity index is 1.65. The summed E-state index contributed by atoms with van der Waals surface area (Å²) in [6.07, 6.45) is 5.71. The normalized spacial score (nSPS) is 21.1. The summed E-state index contributed by atoms with van der Waals surface area (Å²) in [6, 6.07) is 8.03. The third-order valence-corrected chi connectivity index (χ3v) is 5.62. The van der Waals surface area contributed by atoms with Crippen LogP contribution in [0.15, 0.2) is 36.7 Å². The van der Waals surface area contributed by atoms with Crippen molar-refractivity contribution in [3.05, 3.63) is 48.0 Å². The van der Waals surface area contributed by atoms with Gasteiger partial charge >= 0.3 is 0 Å². The van der Waals surface area contributed by atoms with Crippen molar-refractivity contribution >= 4 is 5.91 Å². The van der Waals surface area contributed by atoms with Gasteiger partial charge in [0.1, 0.15) is 11.6 Å². The highest BCUT2D eigenvalue weighted by molar-refractivity contribution is 5.91. The van der Waals surface area contributed by atoms with Gasteiger partial charge < -0.3 is 14.2 Å². The molecular formula is C20H25N3O2. The smallest absolute Gasteiger partial charge is 0.233 e. The quantitative estimate of drug-likeness (QED) is 0.860. The molecule has 132 valence electrons. The highest BCUT2D eigenvalue weighted by Gasteiger charge is 2.54. The van der Waals surface area contributed by atoms with Crippen LogP contribution >= 0.6 is 0 Å². The molecular weight excluding hydrogens is 314 g/mol. The topological polar surface area (TPSA) is 47.4 Å². The zero-order valence-electron chi connectivity index (χ0n) is 15.1. The molecule has 1 aromatic carbocycles. The first-order valence-electron chi connectivity index (χ1n) is 9.03. The molecule has 1 fully saturated rings. The van der Waals surface area contributed by atoms with Gasteiger partial charge in [-0.2, -0.15) is 0 Å². The van der Waals surface area contributed by atoms with Gasteiger partial charge in [0.05, 0.1) is 18.6 Å². The van der Waals surface area contributed by atoms with Crippen LogP contribution in [-0.2, 0) is 16.8 Å². The molecule has 1 amide bonds. The lowest BCUT2D eigenvalue weighted by atomic mass is 9.91. The van der Waals surface area contributed by atoms with E-state index < -0.39 is 0 Å². The van der Waals surface area contributed by atoms with E-state index in [1.165, 1.54) is 0 Å². The third kappa shape index (κ3) is 2.53. The molecule has 1 unspecified atom stereocenters. The number of carbonyl (C=O) groups is 1. The molecule has 2 heterocycles. The van der Waals surface area contributed by atoms with Crippen molar-refractivity contribution in [2.24, 2.45) is 5.92 Å². The summed E-state index contributed by atoms with van der Waals surface area (Å²) in [7, 11) is 1.66. The zero-order chi connectivity index (χ0) is 17.6. The van der Waals surface area contributed by atoms with Crippen LogP contribution in [0.5, 0.6) is 5.75 Å². The fraction of sp³-hybridized carbons (Fsp3) is 0.500. The summed E-state index contributed by atoms with van der Waals surface area (Å²) in [5.41, 5.74) is 0.753. The number of imidazole rings is 1. The summed E-state index contributed by atoms with van der Waals surface area (Å²) in [6.45, 7) is 5.91. The van der Waals surface area contributed by atoms with Gasteiger partial charge in [-0.25, -0.2) is 4.98 Å². The first kappa shape index (κ1) is 16.2. The number of hydrogen-bond donors (Lipinski definition) is 0. The Kier molecular flexibility index (Phi) is 3.82. The number of carbonyl (C=O) groups excluding carboxylic acids is 1. The van der Waals surface area contributed by atoms with Gasteiger partial charge in [-0.15, -0.1) is 0 Å². The number of fused-ring (bicyclic) bond motifs is 1. The zero-order valence-corrected chi connectivity index (χ0v) is 15.1. The lowest BCUT2D eigenvalue weighted by Crippen LogP contribution is -2.48. The number of methoxy groups -OCH3 is 1. The lowest BCUT2D eigenvalue weighted by Gasteiger charge is -2.40.